The minimum atomic E-state index is 0. The average molecular weight is 307 g/mol. The lowest BCUT2D eigenvalue weighted by Crippen LogP contribution is -2.42. The maximum Gasteiger partial charge on any atom is 0.160 e. The second kappa shape index (κ2) is 13.3. The van der Waals surface area contributed by atoms with Crippen LogP contribution in [-0.4, -0.2) is 42.9 Å². The molecule has 0 aliphatic rings. The highest BCUT2D eigenvalue weighted by Crippen LogP contribution is 2.18. The molecule has 0 aliphatic heterocycles. The fraction of sp³-hybridized carbons (Fsp3) is 0.944. The molecule has 0 aliphatic carbocycles. The summed E-state index contributed by atoms with van der Waals surface area (Å²) in [6, 6.07) is 0. The summed E-state index contributed by atoms with van der Waals surface area (Å²) in [6.07, 6.45) is 1.11. The van der Waals surface area contributed by atoms with E-state index in [4.69, 9.17) is 0 Å². The molecule has 0 unspecified atom stereocenters. The van der Waals surface area contributed by atoms with Gasteiger partial charge in [-0.3, -0.25) is 9.69 Å². The van der Waals surface area contributed by atoms with Crippen molar-refractivity contribution >= 4 is 5.78 Å². The maximum absolute atomic E-state index is 11.7. The molecule has 3 heteroatoms. The number of nitrogens with zero attached hydrogens (tertiary/aromatic N) is 1. The Kier molecular flexibility index (Phi) is 20.5. The highest BCUT2D eigenvalue weighted by molar-refractivity contribution is 5.82. The number of ketones is 1. The van der Waals surface area contributed by atoms with Crippen LogP contribution in [0.1, 0.15) is 77.7 Å². The van der Waals surface area contributed by atoms with Crippen LogP contribution in [0.25, 0.3) is 0 Å². The molecule has 0 atom stereocenters. The van der Waals surface area contributed by atoms with Crippen LogP contribution in [0, 0.1) is 5.41 Å². The summed E-state index contributed by atoms with van der Waals surface area (Å²) in [5, 5.41) is 3.22. The van der Waals surface area contributed by atoms with Crippen LogP contribution in [0.15, 0.2) is 0 Å². The summed E-state index contributed by atoms with van der Waals surface area (Å²) in [6.45, 7) is 14.9. The molecule has 3 nitrogen and oxygen atoms in total. The van der Waals surface area contributed by atoms with Crippen LogP contribution in [0.2, 0.25) is 0 Å². The fourth-order valence-electron chi connectivity index (χ4n) is 1.33. The Bertz CT molecular complexity index is 237. The molecule has 0 bridgehead atoms. The second-order valence-corrected chi connectivity index (χ2v) is 7.19. The molecule has 0 fully saturated rings. The number of Topliss-reactive ketones (excluding diaryl/α,β-unsaturated/α-hetero) is 1. The number of likely N-dealkylation sites (N-methyl/N-ethyl adjacent to an activating group) is 1. The van der Waals surface area contributed by atoms with E-state index in [-0.39, 0.29) is 41.0 Å². The van der Waals surface area contributed by atoms with Crippen LogP contribution in [0.5, 0.6) is 0 Å². The summed E-state index contributed by atoms with van der Waals surface area (Å²) in [5.41, 5.74) is 0.348. The quantitative estimate of drug-likeness (QED) is 0.761. The van der Waals surface area contributed by atoms with Gasteiger partial charge in [0.25, 0.3) is 0 Å². The molecule has 0 aromatic heterocycles. The van der Waals surface area contributed by atoms with E-state index < -0.39 is 0 Å². The minimum Gasteiger partial charge on any atom is -0.305 e. The van der Waals surface area contributed by atoms with Gasteiger partial charge in [-0.05, 0) is 46.2 Å². The Morgan fingerprint density at radius 2 is 1.38 bits per heavy atom. The van der Waals surface area contributed by atoms with Crippen molar-refractivity contribution in [1.29, 1.82) is 0 Å². The van der Waals surface area contributed by atoms with Gasteiger partial charge in [-0.2, -0.15) is 0 Å². The first-order valence-electron chi connectivity index (χ1n) is 6.45. The minimum absolute atomic E-state index is 0. The third-order valence-corrected chi connectivity index (χ3v) is 2.51. The summed E-state index contributed by atoms with van der Waals surface area (Å²) >= 11 is 0. The molecule has 0 radical (unpaired) electrons. The summed E-state index contributed by atoms with van der Waals surface area (Å²) in [4.78, 5) is 13.8. The van der Waals surface area contributed by atoms with Crippen molar-refractivity contribution in [2.24, 2.45) is 5.41 Å². The van der Waals surface area contributed by atoms with Crippen molar-refractivity contribution < 1.29 is 4.79 Å². The molecule has 0 saturated heterocycles. The van der Waals surface area contributed by atoms with Crippen molar-refractivity contribution in [3.8, 4) is 0 Å². The highest BCUT2D eigenvalue weighted by atomic mass is 16.1. The van der Waals surface area contributed by atoms with Crippen LogP contribution >= 0.6 is 0 Å². The average Bonchev–Trinajstić information content (AvgIpc) is 2.09. The van der Waals surface area contributed by atoms with Crippen molar-refractivity contribution in [3.05, 3.63) is 0 Å². The van der Waals surface area contributed by atoms with Gasteiger partial charge >= 0.3 is 0 Å². The first kappa shape index (κ1) is 32.5. The predicted molar refractivity (Wildman–Crippen MR) is 101 cm³/mol. The lowest BCUT2D eigenvalue weighted by Gasteiger charge is -2.24. The lowest BCUT2D eigenvalue weighted by atomic mass is 9.92. The molecule has 21 heavy (non-hydrogen) atoms. The van der Waals surface area contributed by atoms with Crippen LogP contribution < -0.4 is 5.32 Å². The van der Waals surface area contributed by atoms with Gasteiger partial charge in [-0.1, -0.05) is 50.5 Å². The van der Waals surface area contributed by atoms with Gasteiger partial charge in [-0.15, -0.1) is 0 Å². The second-order valence-electron chi connectivity index (χ2n) is 7.19. The molecule has 134 valence electrons. The molecule has 1 N–H and O–H groups in total. The number of carbonyl (C=O) groups excluding carboxylic acids is 1. The number of hydrogen-bond donors (Lipinski definition) is 1. The van der Waals surface area contributed by atoms with Gasteiger partial charge in [0.15, 0.2) is 5.78 Å². The van der Waals surface area contributed by atoms with Gasteiger partial charge in [0.1, 0.15) is 0 Å². The molecule has 0 spiro atoms. The van der Waals surface area contributed by atoms with E-state index in [0.717, 1.165) is 13.0 Å². The van der Waals surface area contributed by atoms with E-state index in [1.54, 1.807) is 0 Å². The maximum atomic E-state index is 11.7. The van der Waals surface area contributed by atoms with Gasteiger partial charge in [0.05, 0.1) is 13.1 Å². The largest absolute Gasteiger partial charge is 0.305 e. The monoisotopic (exact) mass is 306 g/mol. The Balaban J connectivity index is -0.000000213. The number of carbonyl (C=O) groups is 1. The molecule has 0 amide bonds. The van der Waals surface area contributed by atoms with Crippen molar-refractivity contribution in [2.45, 2.75) is 83.2 Å². The van der Waals surface area contributed by atoms with Gasteiger partial charge in [0.2, 0.25) is 0 Å². The normalized spacial score (nSPS) is 10.7. The van der Waals surface area contributed by atoms with E-state index >= 15 is 0 Å². The first-order chi connectivity index (χ1) is 7.49. The van der Waals surface area contributed by atoms with Crippen LogP contribution in [0.4, 0.5) is 0 Å². The van der Waals surface area contributed by atoms with Gasteiger partial charge < -0.3 is 5.32 Å². The number of rotatable bonds is 6. The van der Waals surface area contributed by atoms with E-state index in [1.165, 1.54) is 0 Å². The van der Waals surface area contributed by atoms with E-state index in [0.29, 0.717) is 18.5 Å². The highest BCUT2D eigenvalue weighted by Gasteiger charge is 2.15. The zero-order valence-electron chi connectivity index (χ0n) is 12.7. The summed E-state index contributed by atoms with van der Waals surface area (Å²) < 4.78 is 0. The Labute approximate surface area is 136 Å². The Morgan fingerprint density at radius 1 is 0.952 bits per heavy atom. The Morgan fingerprint density at radius 3 is 1.71 bits per heavy atom. The first-order valence-corrected chi connectivity index (χ1v) is 6.45. The third kappa shape index (κ3) is 24.9. The summed E-state index contributed by atoms with van der Waals surface area (Å²) in [7, 11) is 2.01. The van der Waals surface area contributed by atoms with E-state index in [9.17, 15) is 4.79 Å². The van der Waals surface area contributed by atoms with Crippen molar-refractivity contribution in [3.63, 3.8) is 0 Å². The summed E-state index contributed by atoms with van der Waals surface area (Å²) in [5.74, 6) is 0.260. The third-order valence-electron chi connectivity index (χ3n) is 2.51. The number of hydrogen-bond acceptors (Lipinski definition) is 3. The standard InChI is InChI=1S/C14H30N2O.4CH4/c1-13(2,3)8-9-16(7)11-12(17)10-15-14(4,5)6;;;;/h15H,8-11H2,1-7H3;4*1H4. The predicted octanol–water partition coefficient (Wildman–Crippen LogP) is 4.86. The zero-order valence-corrected chi connectivity index (χ0v) is 12.7. The van der Waals surface area contributed by atoms with Gasteiger partial charge in [-0.25, -0.2) is 0 Å². The van der Waals surface area contributed by atoms with Crippen molar-refractivity contribution in [2.75, 3.05) is 26.7 Å². The molecule has 0 aromatic carbocycles. The smallest absolute Gasteiger partial charge is 0.160 e. The molecule has 0 aromatic rings. The number of nitrogens with one attached hydrogen (secondary N) is 1. The topological polar surface area (TPSA) is 32.3 Å². The molecule has 0 heterocycles. The van der Waals surface area contributed by atoms with Crippen LogP contribution in [0.3, 0.4) is 0 Å². The van der Waals surface area contributed by atoms with E-state index in [1.807, 2.05) is 7.05 Å². The molecule has 0 rings (SSSR count). The molecule has 0 saturated carbocycles. The molecular formula is C18H46N2O. The zero-order chi connectivity index (χ0) is 13.7. The fourth-order valence-corrected chi connectivity index (χ4v) is 1.33. The lowest BCUT2D eigenvalue weighted by molar-refractivity contribution is -0.119. The van der Waals surface area contributed by atoms with Crippen LogP contribution in [-0.2, 0) is 4.79 Å². The van der Waals surface area contributed by atoms with Gasteiger partial charge in [0, 0.05) is 5.54 Å². The molecular weight excluding hydrogens is 260 g/mol. The Hall–Kier alpha value is -0.410. The van der Waals surface area contributed by atoms with E-state index in [2.05, 4.69) is 51.8 Å². The van der Waals surface area contributed by atoms with Crippen molar-refractivity contribution in [1.82, 2.24) is 10.2 Å². The SMILES string of the molecule is C.C.C.C.CN(CCC(C)(C)C)CC(=O)CNC(C)(C)C.